The summed E-state index contributed by atoms with van der Waals surface area (Å²) in [7, 11) is 0. The standard InChI is InChI=1S/C10H19NO2/c1-4-13-8-7-11-9(12)5-6-10(11,2)3/h4-8H2,1-3H3. The first-order valence-corrected chi connectivity index (χ1v) is 4.96. The zero-order chi connectivity index (χ0) is 9.90. The van der Waals surface area contributed by atoms with E-state index in [1.54, 1.807) is 0 Å². The van der Waals surface area contributed by atoms with E-state index in [1.807, 2.05) is 11.8 Å². The number of likely N-dealkylation sites (tertiary alicyclic amines) is 1. The summed E-state index contributed by atoms with van der Waals surface area (Å²) < 4.78 is 5.24. The molecule has 0 aliphatic carbocycles. The van der Waals surface area contributed by atoms with Gasteiger partial charge < -0.3 is 9.64 Å². The molecule has 0 aromatic rings. The maximum Gasteiger partial charge on any atom is 0.223 e. The van der Waals surface area contributed by atoms with Crippen molar-refractivity contribution in [2.45, 2.75) is 39.2 Å². The summed E-state index contributed by atoms with van der Waals surface area (Å²) in [5.41, 5.74) is 0.0359. The van der Waals surface area contributed by atoms with Crippen molar-refractivity contribution >= 4 is 5.91 Å². The lowest BCUT2D eigenvalue weighted by atomic mass is 10.0. The van der Waals surface area contributed by atoms with Crippen LogP contribution in [0.2, 0.25) is 0 Å². The Morgan fingerprint density at radius 3 is 2.69 bits per heavy atom. The van der Waals surface area contributed by atoms with Crippen LogP contribution in [0.25, 0.3) is 0 Å². The Balaban J connectivity index is 2.41. The van der Waals surface area contributed by atoms with E-state index in [-0.39, 0.29) is 11.4 Å². The zero-order valence-corrected chi connectivity index (χ0v) is 8.80. The fraction of sp³-hybridized carbons (Fsp3) is 0.900. The van der Waals surface area contributed by atoms with Gasteiger partial charge in [-0.05, 0) is 27.2 Å². The number of carbonyl (C=O) groups is 1. The normalized spacial score (nSPS) is 21.2. The minimum atomic E-state index is 0.0359. The summed E-state index contributed by atoms with van der Waals surface area (Å²) in [5, 5.41) is 0. The van der Waals surface area contributed by atoms with Crippen molar-refractivity contribution in [2.75, 3.05) is 19.8 Å². The van der Waals surface area contributed by atoms with Crippen LogP contribution in [0.1, 0.15) is 33.6 Å². The van der Waals surface area contributed by atoms with E-state index in [0.717, 1.165) is 19.6 Å². The van der Waals surface area contributed by atoms with Gasteiger partial charge in [0, 0.05) is 25.1 Å². The summed E-state index contributed by atoms with van der Waals surface area (Å²) in [6.07, 6.45) is 1.66. The monoisotopic (exact) mass is 185 g/mol. The van der Waals surface area contributed by atoms with Crippen molar-refractivity contribution in [3.8, 4) is 0 Å². The van der Waals surface area contributed by atoms with Gasteiger partial charge in [0.1, 0.15) is 0 Å². The minimum absolute atomic E-state index is 0.0359. The molecule has 1 aliphatic heterocycles. The van der Waals surface area contributed by atoms with Crippen molar-refractivity contribution in [1.29, 1.82) is 0 Å². The summed E-state index contributed by atoms with van der Waals surface area (Å²) >= 11 is 0. The first kappa shape index (κ1) is 10.5. The minimum Gasteiger partial charge on any atom is -0.380 e. The molecule has 1 fully saturated rings. The molecule has 1 amide bonds. The fourth-order valence-electron chi connectivity index (χ4n) is 1.75. The van der Waals surface area contributed by atoms with Gasteiger partial charge in [-0.3, -0.25) is 4.79 Å². The molecule has 0 atom stereocenters. The maximum absolute atomic E-state index is 11.5. The van der Waals surface area contributed by atoms with Crippen molar-refractivity contribution in [1.82, 2.24) is 4.90 Å². The Bertz CT molecular complexity index is 189. The number of nitrogens with zero attached hydrogens (tertiary/aromatic N) is 1. The van der Waals surface area contributed by atoms with Gasteiger partial charge in [0.05, 0.1) is 6.61 Å². The molecule has 0 spiro atoms. The highest BCUT2D eigenvalue weighted by Crippen LogP contribution is 2.28. The molecule has 3 nitrogen and oxygen atoms in total. The molecule has 0 radical (unpaired) electrons. The molecule has 3 heteroatoms. The lowest BCUT2D eigenvalue weighted by Gasteiger charge is -2.31. The van der Waals surface area contributed by atoms with E-state index in [1.165, 1.54) is 0 Å². The van der Waals surface area contributed by atoms with E-state index in [2.05, 4.69) is 13.8 Å². The van der Waals surface area contributed by atoms with Crippen molar-refractivity contribution < 1.29 is 9.53 Å². The molecule has 0 N–H and O–H groups in total. The van der Waals surface area contributed by atoms with Crippen LogP contribution >= 0.6 is 0 Å². The van der Waals surface area contributed by atoms with Crippen molar-refractivity contribution in [2.24, 2.45) is 0 Å². The number of hydrogen-bond acceptors (Lipinski definition) is 2. The highest BCUT2D eigenvalue weighted by atomic mass is 16.5. The van der Waals surface area contributed by atoms with Crippen LogP contribution < -0.4 is 0 Å². The SMILES string of the molecule is CCOCCN1C(=O)CCC1(C)C. The summed E-state index contributed by atoms with van der Waals surface area (Å²) in [6.45, 7) is 8.32. The Hall–Kier alpha value is -0.570. The maximum atomic E-state index is 11.5. The predicted octanol–water partition coefficient (Wildman–Crippen LogP) is 1.42. The lowest BCUT2D eigenvalue weighted by molar-refractivity contribution is -0.131. The molecule has 1 heterocycles. The van der Waals surface area contributed by atoms with Crippen LogP contribution in [-0.2, 0) is 9.53 Å². The second-order valence-corrected chi connectivity index (χ2v) is 4.05. The summed E-state index contributed by atoms with van der Waals surface area (Å²) in [5.74, 6) is 0.268. The van der Waals surface area contributed by atoms with Gasteiger partial charge >= 0.3 is 0 Å². The predicted molar refractivity (Wildman–Crippen MR) is 51.5 cm³/mol. The van der Waals surface area contributed by atoms with E-state index >= 15 is 0 Å². The van der Waals surface area contributed by atoms with Gasteiger partial charge in [-0.25, -0.2) is 0 Å². The first-order valence-electron chi connectivity index (χ1n) is 4.96. The molecule has 76 valence electrons. The van der Waals surface area contributed by atoms with Gasteiger partial charge in [0.2, 0.25) is 5.91 Å². The van der Waals surface area contributed by atoms with E-state index in [9.17, 15) is 4.79 Å². The van der Waals surface area contributed by atoms with Gasteiger partial charge in [-0.1, -0.05) is 0 Å². The van der Waals surface area contributed by atoms with Gasteiger partial charge in [-0.2, -0.15) is 0 Å². The van der Waals surface area contributed by atoms with Crippen LogP contribution in [0.5, 0.6) is 0 Å². The van der Waals surface area contributed by atoms with E-state index in [4.69, 9.17) is 4.74 Å². The zero-order valence-electron chi connectivity index (χ0n) is 8.80. The topological polar surface area (TPSA) is 29.5 Å². The fourth-order valence-corrected chi connectivity index (χ4v) is 1.75. The van der Waals surface area contributed by atoms with Crippen LogP contribution in [-0.4, -0.2) is 36.1 Å². The number of amides is 1. The van der Waals surface area contributed by atoms with Crippen LogP contribution in [0, 0.1) is 0 Å². The van der Waals surface area contributed by atoms with Gasteiger partial charge in [0.25, 0.3) is 0 Å². The third-order valence-electron chi connectivity index (χ3n) is 2.65. The molecule has 0 unspecified atom stereocenters. The first-order chi connectivity index (χ1) is 6.08. The quantitative estimate of drug-likeness (QED) is 0.620. The largest absolute Gasteiger partial charge is 0.380 e. The third-order valence-corrected chi connectivity index (χ3v) is 2.65. The second kappa shape index (κ2) is 4.09. The second-order valence-electron chi connectivity index (χ2n) is 4.05. The third kappa shape index (κ3) is 2.44. The summed E-state index contributed by atoms with van der Waals surface area (Å²) in [4.78, 5) is 13.4. The summed E-state index contributed by atoms with van der Waals surface area (Å²) in [6, 6.07) is 0. The number of hydrogen-bond donors (Lipinski definition) is 0. The molecule has 0 aromatic carbocycles. The highest BCUT2D eigenvalue weighted by Gasteiger charge is 2.36. The average Bonchev–Trinajstić information content (AvgIpc) is 2.31. The van der Waals surface area contributed by atoms with Gasteiger partial charge in [-0.15, -0.1) is 0 Å². The molecular formula is C10H19NO2. The smallest absolute Gasteiger partial charge is 0.223 e. The molecule has 1 rings (SSSR count). The van der Waals surface area contributed by atoms with Gasteiger partial charge in [0.15, 0.2) is 0 Å². The Kier molecular flexibility index (Phi) is 3.31. The van der Waals surface area contributed by atoms with E-state index < -0.39 is 0 Å². The molecular weight excluding hydrogens is 166 g/mol. The number of carbonyl (C=O) groups excluding carboxylic acids is 1. The Morgan fingerprint density at radius 1 is 1.54 bits per heavy atom. The van der Waals surface area contributed by atoms with Crippen LogP contribution in [0.3, 0.4) is 0 Å². The lowest BCUT2D eigenvalue weighted by Crippen LogP contribution is -2.42. The highest BCUT2D eigenvalue weighted by molar-refractivity contribution is 5.79. The molecule has 0 bridgehead atoms. The molecule has 1 aliphatic rings. The average molecular weight is 185 g/mol. The molecule has 13 heavy (non-hydrogen) atoms. The number of ether oxygens (including phenoxy) is 1. The Labute approximate surface area is 80.1 Å². The van der Waals surface area contributed by atoms with E-state index in [0.29, 0.717) is 13.0 Å². The number of rotatable bonds is 4. The molecule has 1 saturated heterocycles. The van der Waals surface area contributed by atoms with Crippen molar-refractivity contribution in [3.05, 3.63) is 0 Å². The Morgan fingerprint density at radius 2 is 2.23 bits per heavy atom. The van der Waals surface area contributed by atoms with Crippen LogP contribution in [0.4, 0.5) is 0 Å². The van der Waals surface area contributed by atoms with Crippen molar-refractivity contribution in [3.63, 3.8) is 0 Å². The molecule has 0 saturated carbocycles. The van der Waals surface area contributed by atoms with Crippen LogP contribution in [0.15, 0.2) is 0 Å². The molecule has 0 aromatic heterocycles.